The van der Waals surface area contributed by atoms with Gasteiger partial charge in [-0.3, -0.25) is 4.90 Å². The van der Waals surface area contributed by atoms with Crippen LogP contribution in [0.25, 0.3) is 0 Å². The fraction of sp³-hybridized carbons (Fsp3) is 0.625. The molecule has 1 aromatic rings. The third-order valence-electron chi connectivity index (χ3n) is 3.87. The highest BCUT2D eigenvalue weighted by molar-refractivity contribution is 5.85. The molecule has 0 aromatic heterocycles. The monoisotopic (exact) mass is 314 g/mol. The summed E-state index contributed by atoms with van der Waals surface area (Å²) >= 11 is 0. The minimum atomic E-state index is 0. The molecule has 2 atom stereocenters. The summed E-state index contributed by atoms with van der Waals surface area (Å²) in [5.74, 6) is 2.36. The molecule has 0 amide bonds. The molecular formula is C16H27ClN2O2. The smallest absolute Gasteiger partial charge is 0.119 e. The summed E-state index contributed by atoms with van der Waals surface area (Å²) in [5.41, 5.74) is 6.03. The van der Waals surface area contributed by atoms with E-state index in [4.69, 9.17) is 15.2 Å². The minimum absolute atomic E-state index is 0. The van der Waals surface area contributed by atoms with Crippen molar-refractivity contribution in [3.63, 3.8) is 0 Å². The number of rotatable bonds is 6. The Hall–Kier alpha value is -0.970. The van der Waals surface area contributed by atoms with Crippen molar-refractivity contribution in [3.05, 3.63) is 24.3 Å². The fourth-order valence-electron chi connectivity index (χ4n) is 2.54. The molecule has 2 unspecified atom stereocenters. The van der Waals surface area contributed by atoms with Gasteiger partial charge in [0.2, 0.25) is 0 Å². The van der Waals surface area contributed by atoms with Gasteiger partial charge in [0.25, 0.3) is 0 Å². The molecule has 2 N–H and O–H groups in total. The Morgan fingerprint density at radius 2 is 1.81 bits per heavy atom. The Kier molecular flexibility index (Phi) is 7.86. The summed E-state index contributed by atoms with van der Waals surface area (Å²) in [6, 6.07) is 8.17. The van der Waals surface area contributed by atoms with Crippen molar-refractivity contribution in [2.24, 2.45) is 11.7 Å². The van der Waals surface area contributed by atoms with Crippen LogP contribution in [0.2, 0.25) is 0 Å². The number of halogens is 1. The number of nitrogens with two attached hydrogens (primary N) is 1. The van der Waals surface area contributed by atoms with E-state index in [1.165, 1.54) is 0 Å². The van der Waals surface area contributed by atoms with Crippen molar-refractivity contribution in [1.82, 2.24) is 4.90 Å². The van der Waals surface area contributed by atoms with Crippen LogP contribution in [0, 0.1) is 5.92 Å². The summed E-state index contributed by atoms with van der Waals surface area (Å²) in [7, 11) is 0. The first-order valence-corrected chi connectivity index (χ1v) is 7.52. The lowest BCUT2D eigenvalue weighted by Gasteiger charge is -2.34. The minimum Gasteiger partial charge on any atom is -0.494 e. The summed E-state index contributed by atoms with van der Waals surface area (Å²) < 4.78 is 11.2. The van der Waals surface area contributed by atoms with Crippen LogP contribution in [0.3, 0.4) is 0 Å². The first kappa shape index (κ1) is 18.1. The van der Waals surface area contributed by atoms with Crippen molar-refractivity contribution in [2.45, 2.75) is 26.3 Å². The topological polar surface area (TPSA) is 47.7 Å². The molecule has 120 valence electrons. The van der Waals surface area contributed by atoms with Crippen LogP contribution < -0.4 is 15.2 Å². The molecular weight excluding hydrogens is 288 g/mol. The Labute approximate surface area is 134 Å². The average Bonchev–Trinajstić information content (AvgIpc) is 2.45. The third kappa shape index (κ3) is 5.73. The predicted octanol–water partition coefficient (Wildman–Crippen LogP) is 2.56. The second-order valence-corrected chi connectivity index (χ2v) is 5.48. The lowest BCUT2D eigenvalue weighted by Crippen LogP contribution is -2.46. The molecule has 0 saturated carbocycles. The highest BCUT2D eigenvalue weighted by Gasteiger charge is 2.22. The zero-order chi connectivity index (χ0) is 14.4. The number of piperidine rings is 1. The molecule has 21 heavy (non-hydrogen) atoms. The average molecular weight is 315 g/mol. The SMILES string of the molecule is CCOc1ccc(OCCN2CCC(N)C(C)C2)cc1.Cl. The van der Waals surface area contributed by atoms with Crippen molar-refractivity contribution >= 4 is 12.4 Å². The van der Waals surface area contributed by atoms with Gasteiger partial charge in [0, 0.05) is 19.1 Å². The van der Waals surface area contributed by atoms with Gasteiger partial charge in [-0.05, 0) is 50.1 Å². The van der Waals surface area contributed by atoms with Crippen LogP contribution in [0.4, 0.5) is 0 Å². The van der Waals surface area contributed by atoms with Crippen LogP contribution in [-0.2, 0) is 0 Å². The standard InChI is InChI=1S/C16H26N2O2.ClH/c1-3-19-14-4-6-15(7-5-14)20-11-10-18-9-8-16(17)13(2)12-18;/h4-7,13,16H,3,8-12,17H2,1-2H3;1H. The molecule has 0 spiro atoms. The quantitative estimate of drug-likeness (QED) is 0.876. The molecule has 4 nitrogen and oxygen atoms in total. The Balaban J connectivity index is 0.00000220. The van der Waals surface area contributed by atoms with E-state index in [1.807, 2.05) is 31.2 Å². The van der Waals surface area contributed by atoms with Crippen LogP contribution in [0.1, 0.15) is 20.3 Å². The van der Waals surface area contributed by atoms with E-state index in [1.54, 1.807) is 0 Å². The Bertz CT molecular complexity index is 400. The van der Waals surface area contributed by atoms with E-state index in [0.717, 1.165) is 44.2 Å². The number of hydrogen-bond donors (Lipinski definition) is 1. The highest BCUT2D eigenvalue weighted by atomic mass is 35.5. The fourth-order valence-corrected chi connectivity index (χ4v) is 2.54. The van der Waals surface area contributed by atoms with E-state index in [0.29, 0.717) is 18.6 Å². The molecule has 1 heterocycles. The van der Waals surface area contributed by atoms with Crippen LogP contribution in [-0.4, -0.2) is 43.8 Å². The second kappa shape index (κ2) is 9.13. The molecule has 0 bridgehead atoms. The zero-order valence-corrected chi connectivity index (χ0v) is 13.8. The number of benzene rings is 1. The molecule has 0 aliphatic carbocycles. The van der Waals surface area contributed by atoms with E-state index in [9.17, 15) is 0 Å². The van der Waals surface area contributed by atoms with Crippen molar-refractivity contribution in [3.8, 4) is 11.5 Å². The van der Waals surface area contributed by atoms with Gasteiger partial charge in [0.1, 0.15) is 18.1 Å². The van der Waals surface area contributed by atoms with Crippen LogP contribution >= 0.6 is 12.4 Å². The Morgan fingerprint density at radius 3 is 2.38 bits per heavy atom. The second-order valence-electron chi connectivity index (χ2n) is 5.48. The van der Waals surface area contributed by atoms with Gasteiger partial charge in [-0.2, -0.15) is 0 Å². The Morgan fingerprint density at radius 1 is 1.19 bits per heavy atom. The van der Waals surface area contributed by atoms with Crippen molar-refractivity contribution in [2.75, 3.05) is 32.8 Å². The molecule has 1 saturated heterocycles. The highest BCUT2D eigenvalue weighted by Crippen LogP contribution is 2.18. The largest absolute Gasteiger partial charge is 0.494 e. The summed E-state index contributed by atoms with van der Waals surface area (Å²) in [5, 5.41) is 0. The van der Waals surface area contributed by atoms with Gasteiger partial charge in [-0.1, -0.05) is 6.92 Å². The van der Waals surface area contributed by atoms with E-state index < -0.39 is 0 Å². The molecule has 2 rings (SSSR count). The van der Waals surface area contributed by atoms with Gasteiger partial charge in [-0.15, -0.1) is 12.4 Å². The van der Waals surface area contributed by atoms with E-state index in [2.05, 4.69) is 11.8 Å². The van der Waals surface area contributed by atoms with Crippen molar-refractivity contribution < 1.29 is 9.47 Å². The zero-order valence-electron chi connectivity index (χ0n) is 13.0. The van der Waals surface area contributed by atoms with Crippen LogP contribution in [0.5, 0.6) is 11.5 Å². The molecule has 1 aromatic carbocycles. The number of likely N-dealkylation sites (tertiary alicyclic amines) is 1. The first-order valence-electron chi connectivity index (χ1n) is 7.52. The summed E-state index contributed by atoms with van der Waals surface area (Å²) in [6.45, 7) is 8.74. The van der Waals surface area contributed by atoms with Gasteiger partial charge in [0.05, 0.1) is 6.61 Å². The van der Waals surface area contributed by atoms with Gasteiger partial charge in [-0.25, -0.2) is 0 Å². The van der Waals surface area contributed by atoms with E-state index in [-0.39, 0.29) is 12.4 Å². The predicted molar refractivity (Wildman–Crippen MR) is 88.6 cm³/mol. The maximum absolute atomic E-state index is 6.03. The maximum atomic E-state index is 6.03. The number of ether oxygens (including phenoxy) is 2. The van der Waals surface area contributed by atoms with Crippen LogP contribution in [0.15, 0.2) is 24.3 Å². The third-order valence-corrected chi connectivity index (χ3v) is 3.87. The molecule has 0 radical (unpaired) electrons. The lowest BCUT2D eigenvalue weighted by atomic mass is 9.95. The normalized spacial score (nSPS) is 22.4. The molecule has 1 aliphatic heterocycles. The number of hydrogen-bond acceptors (Lipinski definition) is 4. The summed E-state index contributed by atoms with van der Waals surface area (Å²) in [4.78, 5) is 2.43. The van der Waals surface area contributed by atoms with Gasteiger partial charge in [0.15, 0.2) is 0 Å². The van der Waals surface area contributed by atoms with Gasteiger partial charge >= 0.3 is 0 Å². The molecule has 1 aliphatic rings. The first-order chi connectivity index (χ1) is 9.69. The van der Waals surface area contributed by atoms with Gasteiger partial charge < -0.3 is 15.2 Å². The number of nitrogens with zero attached hydrogens (tertiary/aromatic N) is 1. The van der Waals surface area contributed by atoms with Crippen molar-refractivity contribution in [1.29, 1.82) is 0 Å². The lowest BCUT2D eigenvalue weighted by molar-refractivity contribution is 0.140. The maximum Gasteiger partial charge on any atom is 0.119 e. The van der Waals surface area contributed by atoms with E-state index >= 15 is 0 Å². The summed E-state index contributed by atoms with van der Waals surface area (Å²) in [6.07, 6.45) is 1.09. The molecule has 1 fully saturated rings. The molecule has 5 heteroatoms.